The van der Waals surface area contributed by atoms with E-state index in [2.05, 4.69) is 0 Å². The van der Waals surface area contributed by atoms with E-state index in [0.717, 1.165) is 12.0 Å². The van der Waals surface area contributed by atoms with Crippen LogP contribution in [0, 0.1) is 5.41 Å². The molecule has 1 heterocycles. The molecule has 2 rings (SSSR count). The van der Waals surface area contributed by atoms with Crippen molar-refractivity contribution < 1.29 is 9.53 Å². The number of rotatable bonds is 3. The van der Waals surface area contributed by atoms with Gasteiger partial charge in [0.2, 0.25) is 5.91 Å². The van der Waals surface area contributed by atoms with Crippen LogP contribution in [0.5, 0.6) is 0 Å². The number of benzene rings is 1. The quantitative estimate of drug-likeness (QED) is 0.821. The van der Waals surface area contributed by atoms with Crippen LogP contribution < -0.4 is 0 Å². The fraction of sp³-hybridized carbons (Fsp3) is 0.533. The molecule has 0 aliphatic carbocycles. The molecule has 0 saturated carbocycles. The monoisotopic (exact) mass is 247 g/mol. The van der Waals surface area contributed by atoms with Gasteiger partial charge in [0.05, 0.1) is 6.61 Å². The van der Waals surface area contributed by atoms with Gasteiger partial charge in [-0.05, 0) is 6.42 Å². The van der Waals surface area contributed by atoms with E-state index in [1.54, 1.807) is 0 Å². The maximum atomic E-state index is 12.5. The zero-order valence-corrected chi connectivity index (χ0v) is 11.3. The van der Waals surface area contributed by atoms with Crippen molar-refractivity contribution in [1.29, 1.82) is 0 Å². The lowest BCUT2D eigenvalue weighted by atomic mass is 9.88. The van der Waals surface area contributed by atoms with Crippen LogP contribution in [0.3, 0.4) is 0 Å². The van der Waals surface area contributed by atoms with E-state index < -0.39 is 0 Å². The second-order valence-corrected chi connectivity index (χ2v) is 5.37. The van der Waals surface area contributed by atoms with Crippen molar-refractivity contribution in [2.45, 2.75) is 33.4 Å². The molecule has 1 aromatic rings. The summed E-state index contributed by atoms with van der Waals surface area (Å²) < 4.78 is 5.72. The number of hydrogen-bond acceptors (Lipinski definition) is 2. The summed E-state index contributed by atoms with van der Waals surface area (Å²) in [6.07, 6.45) is 0.619. The van der Waals surface area contributed by atoms with Crippen molar-refractivity contribution >= 4 is 5.91 Å². The summed E-state index contributed by atoms with van der Waals surface area (Å²) in [6, 6.07) is 9.94. The Morgan fingerprint density at radius 1 is 1.39 bits per heavy atom. The van der Waals surface area contributed by atoms with Crippen molar-refractivity contribution in [2.75, 3.05) is 13.2 Å². The Labute approximate surface area is 109 Å². The average molecular weight is 247 g/mol. The van der Waals surface area contributed by atoms with Gasteiger partial charge < -0.3 is 9.64 Å². The highest BCUT2D eigenvalue weighted by molar-refractivity contribution is 5.82. The van der Waals surface area contributed by atoms with Gasteiger partial charge in [-0.1, -0.05) is 51.1 Å². The Bertz CT molecular complexity index is 414. The van der Waals surface area contributed by atoms with Crippen LogP contribution in [-0.2, 0) is 9.53 Å². The van der Waals surface area contributed by atoms with E-state index in [0.29, 0.717) is 13.2 Å². The molecule has 0 aromatic heterocycles. The first-order valence-corrected chi connectivity index (χ1v) is 6.54. The molecule has 3 nitrogen and oxygen atoms in total. The summed E-state index contributed by atoms with van der Waals surface area (Å²) in [5.74, 6) is 0.177. The van der Waals surface area contributed by atoms with Crippen LogP contribution in [0.4, 0.5) is 0 Å². The number of nitrogens with zero attached hydrogens (tertiary/aromatic N) is 1. The molecule has 1 saturated heterocycles. The van der Waals surface area contributed by atoms with Gasteiger partial charge in [-0.15, -0.1) is 0 Å². The predicted octanol–water partition coefficient (Wildman–Crippen LogP) is 2.98. The highest BCUT2D eigenvalue weighted by Crippen LogP contribution is 2.32. The van der Waals surface area contributed by atoms with E-state index >= 15 is 0 Å². The van der Waals surface area contributed by atoms with Gasteiger partial charge in [-0.25, -0.2) is 0 Å². The van der Waals surface area contributed by atoms with Crippen molar-refractivity contribution in [3.63, 3.8) is 0 Å². The first-order valence-electron chi connectivity index (χ1n) is 6.54. The third-order valence-corrected chi connectivity index (χ3v) is 3.70. The van der Waals surface area contributed by atoms with Crippen LogP contribution in [0.1, 0.15) is 39.0 Å². The molecule has 1 atom stereocenters. The summed E-state index contributed by atoms with van der Waals surface area (Å²) in [5, 5.41) is 0. The number of hydrogen-bond donors (Lipinski definition) is 0. The van der Waals surface area contributed by atoms with Crippen molar-refractivity contribution in [1.82, 2.24) is 4.90 Å². The second kappa shape index (κ2) is 5.11. The van der Waals surface area contributed by atoms with Crippen LogP contribution in [0.2, 0.25) is 0 Å². The zero-order valence-electron chi connectivity index (χ0n) is 11.3. The highest BCUT2D eigenvalue weighted by atomic mass is 16.5. The third-order valence-electron chi connectivity index (χ3n) is 3.70. The van der Waals surface area contributed by atoms with Crippen LogP contribution in [0.25, 0.3) is 0 Å². The predicted molar refractivity (Wildman–Crippen MR) is 70.9 cm³/mol. The number of carbonyl (C=O) groups excluding carboxylic acids is 1. The van der Waals surface area contributed by atoms with Gasteiger partial charge >= 0.3 is 0 Å². The normalized spacial score (nSPS) is 20.2. The number of amides is 1. The van der Waals surface area contributed by atoms with Crippen LogP contribution >= 0.6 is 0 Å². The van der Waals surface area contributed by atoms with Gasteiger partial charge in [0.25, 0.3) is 0 Å². The number of carbonyl (C=O) groups is 1. The molecule has 3 heteroatoms. The van der Waals surface area contributed by atoms with Gasteiger partial charge in [0.15, 0.2) is 6.23 Å². The van der Waals surface area contributed by atoms with Gasteiger partial charge in [-0.3, -0.25) is 4.79 Å². The topological polar surface area (TPSA) is 29.5 Å². The summed E-state index contributed by atoms with van der Waals surface area (Å²) in [6.45, 7) is 7.34. The minimum Gasteiger partial charge on any atom is -0.352 e. The van der Waals surface area contributed by atoms with E-state index in [1.807, 2.05) is 56.0 Å². The fourth-order valence-corrected chi connectivity index (χ4v) is 2.11. The lowest BCUT2D eigenvalue weighted by Gasteiger charge is -2.31. The van der Waals surface area contributed by atoms with Crippen molar-refractivity contribution in [3.05, 3.63) is 35.9 Å². The third kappa shape index (κ3) is 2.41. The smallest absolute Gasteiger partial charge is 0.230 e. The SMILES string of the molecule is CCC(C)(C)C(=O)N1CCOC1c1ccccc1. The molecule has 1 amide bonds. The lowest BCUT2D eigenvalue weighted by Crippen LogP contribution is -2.40. The van der Waals surface area contributed by atoms with Crippen molar-refractivity contribution in [3.8, 4) is 0 Å². The summed E-state index contributed by atoms with van der Waals surface area (Å²) >= 11 is 0. The number of ether oxygens (including phenoxy) is 1. The van der Waals surface area contributed by atoms with E-state index in [1.165, 1.54) is 0 Å². The Morgan fingerprint density at radius 3 is 2.67 bits per heavy atom. The molecule has 1 aliphatic rings. The molecular formula is C15H21NO2. The standard InChI is InChI=1S/C15H21NO2/c1-4-15(2,3)14(17)16-10-11-18-13(16)12-8-6-5-7-9-12/h5-9,13H,4,10-11H2,1-3H3. The Hall–Kier alpha value is -1.35. The first-order chi connectivity index (χ1) is 8.56. The van der Waals surface area contributed by atoms with E-state index in [-0.39, 0.29) is 17.6 Å². The molecule has 18 heavy (non-hydrogen) atoms. The molecule has 98 valence electrons. The fourth-order valence-electron chi connectivity index (χ4n) is 2.11. The Balaban J connectivity index is 2.21. The van der Waals surface area contributed by atoms with E-state index in [9.17, 15) is 4.79 Å². The molecule has 1 aliphatic heterocycles. The minimum absolute atomic E-state index is 0.177. The van der Waals surface area contributed by atoms with Crippen LogP contribution in [0.15, 0.2) is 30.3 Å². The molecule has 0 bridgehead atoms. The molecule has 0 N–H and O–H groups in total. The van der Waals surface area contributed by atoms with Crippen molar-refractivity contribution in [2.24, 2.45) is 5.41 Å². The molecule has 1 unspecified atom stereocenters. The van der Waals surface area contributed by atoms with Gasteiger partial charge in [0.1, 0.15) is 0 Å². The van der Waals surface area contributed by atoms with Gasteiger partial charge in [0, 0.05) is 17.5 Å². The Kier molecular flexibility index (Phi) is 3.71. The zero-order chi connectivity index (χ0) is 13.2. The maximum Gasteiger partial charge on any atom is 0.230 e. The Morgan fingerprint density at radius 2 is 2.06 bits per heavy atom. The average Bonchev–Trinajstić information content (AvgIpc) is 2.87. The highest BCUT2D eigenvalue weighted by Gasteiger charge is 2.37. The molecule has 0 radical (unpaired) electrons. The summed E-state index contributed by atoms with van der Waals surface area (Å²) in [5.41, 5.74) is 0.732. The maximum absolute atomic E-state index is 12.5. The van der Waals surface area contributed by atoms with Gasteiger partial charge in [-0.2, -0.15) is 0 Å². The summed E-state index contributed by atoms with van der Waals surface area (Å²) in [4.78, 5) is 14.4. The largest absolute Gasteiger partial charge is 0.352 e. The lowest BCUT2D eigenvalue weighted by molar-refractivity contribution is -0.145. The molecular weight excluding hydrogens is 226 g/mol. The summed E-state index contributed by atoms with van der Waals surface area (Å²) in [7, 11) is 0. The molecule has 1 aromatic carbocycles. The first kappa shape index (κ1) is 13.1. The second-order valence-electron chi connectivity index (χ2n) is 5.37. The molecule has 0 spiro atoms. The minimum atomic E-state index is -0.319. The van der Waals surface area contributed by atoms with E-state index in [4.69, 9.17) is 4.74 Å². The van der Waals surface area contributed by atoms with Crippen LogP contribution in [-0.4, -0.2) is 24.0 Å². The molecule has 1 fully saturated rings.